The molecule has 2 aromatic carbocycles. The molecule has 1 aliphatic rings. The van der Waals surface area contributed by atoms with Crippen LogP contribution in [-0.2, 0) is 16.4 Å². The van der Waals surface area contributed by atoms with Crippen molar-refractivity contribution in [2.45, 2.75) is 44.0 Å². The zero-order chi connectivity index (χ0) is 19.1. The maximum Gasteiger partial charge on any atom is 0.292 e. The van der Waals surface area contributed by atoms with Gasteiger partial charge >= 0.3 is 0 Å². The third-order valence-electron chi connectivity index (χ3n) is 4.76. The zero-order valence-electron chi connectivity index (χ0n) is 15.1. The maximum atomic E-state index is 13.0. The largest absolute Gasteiger partial charge is 0.399 e. The lowest BCUT2D eigenvalue weighted by atomic mass is 9.88. The van der Waals surface area contributed by atoms with Crippen molar-refractivity contribution >= 4 is 33.8 Å². The van der Waals surface area contributed by atoms with Gasteiger partial charge in [-0.25, -0.2) is 13.1 Å². The van der Waals surface area contributed by atoms with Gasteiger partial charge in [0.05, 0.1) is 4.92 Å². The first-order chi connectivity index (χ1) is 12.2. The second-order valence-electron chi connectivity index (χ2n) is 6.66. The number of nitro benzene ring substituents is 1. The Hall–Kier alpha value is -2.16. The van der Waals surface area contributed by atoms with Gasteiger partial charge < -0.3 is 5.73 Å². The van der Waals surface area contributed by atoms with E-state index in [4.69, 9.17) is 5.73 Å². The molecule has 9 heteroatoms. The molecule has 7 nitrogen and oxygen atoms in total. The van der Waals surface area contributed by atoms with E-state index in [2.05, 4.69) is 4.72 Å². The number of aryl methyl sites for hydroxylation is 3. The molecule has 0 fully saturated rings. The number of hydrogen-bond donors (Lipinski definition) is 2. The minimum absolute atomic E-state index is 0. The van der Waals surface area contributed by atoms with Crippen molar-refractivity contribution in [3.05, 3.63) is 62.7 Å². The lowest BCUT2D eigenvalue weighted by molar-refractivity contribution is -0.388. The number of nitrogen functional groups attached to an aromatic ring is 1. The maximum absolute atomic E-state index is 13.0. The Balaban J connectivity index is 0.00000261. The normalized spacial score (nSPS) is 16.3. The van der Waals surface area contributed by atoms with E-state index in [-0.39, 0.29) is 23.0 Å². The summed E-state index contributed by atoms with van der Waals surface area (Å²) in [6.45, 7) is 3.10. The smallest absolute Gasteiger partial charge is 0.292 e. The van der Waals surface area contributed by atoms with E-state index in [0.29, 0.717) is 23.2 Å². The molecule has 0 saturated carbocycles. The molecular weight excluding hydrogens is 390 g/mol. The number of nitrogens with two attached hydrogens (primary N) is 1. The minimum atomic E-state index is -4.06. The second-order valence-corrected chi connectivity index (χ2v) is 8.31. The fourth-order valence-corrected chi connectivity index (χ4v) is 5.26. The number of nitrogens with zero attached hydrogens (tertiary/aromatic N) is 1. The number of nitrogens with one attached hydrogen (secondary N) is 1. The Morgan fingerprint density at radius 3 is 2.52 bits per heavy atom. The predicted octanol–water partition coefficient (Wildman–Crippen LogP) is 3.57. The summed E-state index contributed by atoms with van der Waals surface area (Å²) in [5, 5.41) is 11.5. The molecule has 0 amide bonds. The molecule has 1 aliphatic carbocycles. The Labute approximate surface area is 164 Å². The molecule has 27 heavy (non-hydrogen) atoms. The van der Waals surface area contributed by atoms with E-state index in [9.17, 15) is 18.5 Å². The third kappa shape index (κ3) is 4.07. The Bertz CT molecular complexity index is 992. The lowest BCUT2D eigenvalue weighted by Crippen LogP contribution is -2.32. The lowest BCUT2D eigenvalue weighted by Gasteiger charge is -2.26. The summed E-state index contributed by atoms with van der Waals surface area (Å²) in [6, 6.07) is 8.15. The van der Waals surface area contributed by atoms with Crippen LogP contribution in [-0.4, -0.2) is 13.3 Å². The third-order valence-corrected chi connectivity index (χ3v) is 6.41. The van der Waals surface area contributed by atoms with E-state index in [1.807, 2.05) is 12.1 Å². The van der Waals surface area contributed by atoms with Gasteiger partial charge in [0.15, 0.2) is 4.90 Å². The summed E-state index contributed by atoms with van der Waals surface area (Å²) < 4.78 is 28.7. The number of anilines is 1. The topological polar surface area (TPSA) is 115 Å². The van der Waals surface area contributed by atoms with Crippen molar-refractivity contribution < 1.29 is 13.3 Å². The van der Waals surface area contributed by atoms with Gasteiger partial charge in [-0.3, -0.25) is 10.1 Å². The molecule has 0 bridgehead atoms. The number of fused-ring (bicyclic) bond motifs is 1. The van der Waals surface area contributed by atoms with Crippen LogP contribution in [0.2, 0.25) is 0 Å². The van der Waals surface area contributed by atoms with Crippen molar-refractivity contribution in [2.24, 2.45) is 0 Å². The van der Waals surface area contributed by atoms with Gasteiger partial charge in [-0.15, -0.1) is 12.4 Å². The van der Waals surface area contributed by atoms with E-state index >= 15 is 0 Å². The molecule has 0 aliphatic heterocycles. The highest BCUT2D eigenvalue weighted by Crippen LogP contribution is 2.35. The molecule has 0 heterocycles. The molecule has 3 rings (SSSR count). The van der Waals surface area contributed by atoms with E-state index in [1.54, 1.807) is 25.1 Å². The molecule has 0 radical (unpaired) electrons. The first-order valence-electron chi connectivity index (χ1n) is 8.36. The van der Waals surface area contributed by atoms with Gasteiger partial charge in [0.1, 0.15) is 0 Å². The zero-order valence-corrected chi connectivity index (χ0v) is 16.7. The number of benzene rings is 2. The number of rotatable bonds is 4. The summed E-state index contributed by atoms with van der Waals surface area (Å²) in [6.07, 6.45) is 2.29. The van der Waals surface area contributed by atoms with Crippen LogP contribution in [0.25, 0.3) is 0 Å². The first kappa shape index (κ1) is 21.1. The second kappa shape index (κ2) is 7.84. The monoisotopic (exact) mass is 411 g/mol. The molecule has 1 unspecified atom stereocenters. The van der Waals surface area contributed by atoms with E-state index in [0.717, 1.165) is 24.0 Å². The summed E-state index contributed by atoms with van der Waals surface area (Å²) in [4.78, 5) is 10.6. The van der Waals surface area contributed by atoms with E-state index < -0.39 is 21.0 Å². The Kier molecular flexibility index (Phi) is 6.14. The van der Waals surface area contributed by atoms with Crippen molar-refractivity contribution in [1.29, 1.82) is 0 Å². The Morgan fingerprint density at radius 2 is 1.85 bits per heavy atom. The molecule has 2 aromatic rings. The van der Waals surface area contributed by atoms with Gasteiger partial charge in [0, 0.05) is 17.3 Å². The highest BCUT2D eigenvalue weighted by atomic mass is 35.5. The minimum Gasteiger partial charge on any atom is -0.399 e. The van der Waals surface area contributed by atoms with Crippen LogP contribution in [0, 0.1) is 24.0 Å². The molecule has 3 N–H and O–H groups in total. The van der Waals surface area contributed by atoms with Gasteiger partial charge in [-0.2, -0.15) is 0 Å². The first-order valence-corrected chi connectivity index (χ1v) is 9.84. The van der Waals surface area contributed by atoms with Crippen molar-refractivity contribution in [3.8, 4) is 0 Å². The fraction of sp³-hybridized carbons (Fsp3) is 0.333. The average Bonchev–Trinajstić information content (AvgIpc) is 2.55. The van der Waals surface area contributed by atoms with Crippen LogP contribution < -0.4 is 10.5 Å². The van der Waals surface area contributed by atoms with Crippen molar-refractivity contribution in [2.75, 3.05) is 5.73 Å². The van der Waals surface area contributed by atoms with Crippen LogP contribution in [0.15, 0.2) is 35.2 Å². The van der Waals surface area contributed by atoms with Gasteiger partial charge in [0.25, 0.3) is 5.69 Å². The summed E-state index contributed by atoms with van der Waals surface area (Å²) in [7, 11) is -4.06. The molecular formula is C18H22ClN3O4S. The number of halogens is 1. The predicted molar refractivity (Wildman–Crippen MR) is 107 cm³/mol. The fourth-order valence-electron chi connectivity index (χ4n) is 3.54. The van der Waals surface area contributed by atoms with Gasteiger partial charge in [-0.1, -0.05) is 18.2 Å². The number of hydrogen-bond acceptors (Lipinski definition) is 5. The molecule has 146 valence electrons. The molecule has 0 saturated heterocycles. The summed E-state index contributed by atoms with van der Waals surface area (Å²) >= 11 is 0. The van der Waals surface area contributed by atoms with Crippen LogP contribution in [0.4, 0.5) is 11.4 Å². The van der Waals surface area contributed by atoms with Crippen LogP contribution in [0.3, 0.4) is 0 Å². The Morgan fingerprint density at radius 1 is 1.19 bits per heavy atom. The van der Waals surface area contributed by atoms with Gasteiger partial charge in [0.2, 0.25) is 10.0 Å². The van der Waals surface area contributed by atoms with Crippen molar-refractivity contribution in [1.82, 2.24) is 4.72 Å². The molecule has 1 atom stereocenters. The summed E-state index contributed by atoms with van der Waals surface area (Å²) in [5.74, 6) is 0. The number of nitro groups is 1. The van der Waals surface area contributed by atoms with Gasteiger partial charge in [-0.05, 0) is 61.9 Å². The quantitative estimate of drug-likeness (QED) is 0.453. The standard InChI is InChI=1S/C18H21N3O4S.ClH/c1-11-6-7-12(2)18(17(11)21(22)23)26(24,25)20-16-5-3-4-13-10-14(19)8-9-15(13)16;/h6-10,16,20H,3-5,19H2,1-2H3;1H. The van der Waals surface area contributed by atoms with Crippen LogP contribution >= 0.6 is 12.4 Å². The SMILES string of the molecule is Cc1ccc(C)c(S(=O)(=O)NC2CCCc3cc(N)ccc32)c1[N+](=O)[O-].Cl. The molecule has 0 aromatic heterocycles. The summed E-state index contributed by atoms with van der Waals surface area (Å²) in [5.41, 5.74) is 8.65. The van der Waals surface area contributed by atoms with Crippen molar-refractivity contribution in [3.63, 3.8) is 0 Å². The average molecular weight is 412 g/mol. The number of sulfonamides is 1. The van der Waals surface area contributed by atoms with Crippen LogP contribution in [0.5, 0.6) is 0 Å². The highest BCUT2D eigenvalue weighted by Gasteiger charge is 2.33. The molecule has 0 spiro atoms. The van der Waals surface area contributed by atoms with E-state index in [1.165, 1.54) is 6.92 Å². The van der Waals surface area contributed by atoms with Crippen LogP contribution in [0.1, 0.15) is 41.1 Å². The highest BCUT2D eigenvalue weighted by molar-refractivity contribution is 7.89.